The van der Waals surface area contributed by atoms with Crippen molar-refractivity contribution in [1.82, 2.24) is 19.5 Å². The average molecular weight is 550 g/mol. The molecule has 0 saturated heterocycles. The van der Waals surface area contributed by atoms with E-state index >= 15 is 0 Å². The van der Waals surface area contributed by atoms with Gasteiger partial charge in [-0.3, -0.25) is 0 Å². The van der Waals surface area contributed by atoms with Crippen LogP contribution < -0.4 is 10.6 Å². The van der Waals surface area contributed by atoms with Crippen LogP contribution in [0.3, 0.4) is 0 Å². The van der Waals surface area contributed by atoms with E-state index < -0.39 is 5.60 Å². The molecule has 1 atom stereocenters. The topological polar surface area (TPSA) is 108 Å². The minimum Gasteiger partial charge on any atom is -0.508 e. The van der Waals surface area contributed by atoms with Crippen molar-refractivity contribution in [2.45, 2.75) is 77.1 Å². The number of hydrogen-bond donors (Lipinski definition) is 4. The summed E-state index contributed by atoms with van der Waals surface area (Å²) in [5.41, 5.74) is 1.35. The van der Waals surface area contributed by atoms with Crippen molar-refractivity contribution in [3.8, 4) is 5.75 Å². The van der Waals surface area contributed by atoms with Crippen LogP contribution in [0.1, 0.15) is 64.5 Å². The van der Waals surface area contributed by atoms with Crippen LogP contribution in [0.5, 0.6) is 5.75 Å². The van der Waals surface area contributed by atoms with E-state index in [-0.39, 0.29) is 11.8 Å². The van der Waals surface area contributed by atoms with E-state index in [1.54, 1.807) is 19.9 Å². The molecule has 172 valence electrons. The van der Waals surface area contributed by atoms with Gasteiger partial charge in [-0.2, -0.15) is 9.97 Å². The van der Waals surface area contributed by atoms with E-state index in [0.29, 0.717) is 29.9 Å². The number of hydrogen-bond acceptors (Lipinski definition) is 7. The molecule has 0 aliphatic heterocycles. The number of nitrogens with zero attached hydrogens (tertiary/aromatic N) is 4. The lowest BCUT2D eigenvalue weighted by Crippen LogP contribution is -2.39. The Kier molecular flexibility index (Phi) is 6.75. The lowest BCUT2D eigenvalue weighted by atomic mass is 9.95. The van der Waals surface area contributed by atoms with E-state index in [1.165, 1.54) is 19.3 Å². The van der Waals surface area contributed by atoms with Gasteiger partial charge in [0.25, 0.3) is 0 Å². The third-order valence-electron chi connectivity index (χ3n) is 6.28. The summed E-state index contributed by atoms with van der Waals surface area (Å²) in [6.45, 7) is 5.83. The number of aromatic nitrogens is 4. The molecule has 4 N–H and O–H groups in total. The zero-order valence-corrected chi connectivity index (χ0v) is 20.9. The summed E-state index contributed by atoms with van der Waals surface area (Å²) < 4.78 is 3.22. The van der Waals surface area contributed by atoms with Crippen molar-refractivity contribution in [3.05, 3.63) is 33.7 Å². The highest BCUT2D eigenvalue weighted by molar-refractivity contribution is 14.1. The summed E-state index contributed by atoms with van der Waals surface area (Å²) in [7, 11) is 0. The van der Waals surface area contributed by atoms with E-state index in [1.807, 2.05) is 25.4 Å². The molecule has 4 rings (SSSR count). The number of rotatable bonds is 7. The lowest BCUT2D eigenvalue weighted by Gasteiger charge is -2.27. The van der Waals surface area contributed by atoms with Crippen LogP contribution in [0.25, 0.3) is 11.2 Å². The maximum atomic E-state index is 10.4. The molecule has 1 aliphatic rings. The predicted octanol–water partition coefficient (Wildman–Crippen LogP) is 4.83. The van der Waals surface area contributed by atoms with Gasteiger partial charge in [-0.25, -0.2) is 4.98 Å². The van der Waals surface area contributed by atoms with Crippen LogP contribution in [0.2, 0.25) is 0 Å². The number of aromatic hydroxyl groups is 1. The van der Waals surface area contributed by atoms with E-state index in [2.05, 4.69) is 47.8 Å². The Morgan fingerprint density at radius 1 is 1.22 bits per heavy atom. The first kappa shape index (κ1) is 23.0. The molecule has 1 fully saturated rings. The summed E-state index contributed by atoms with van der Waals surface area (Å²) in [6.07, 6.45) is 7.82. The molecule has 2 heterocycles. The van der Waals surface area contributed by atoms with Gasteiger partial charge in [-0.05, 0) is 74.4 Å². The van der Waals surface area contributed by atoms with Gasteiger partial charge in [0.2, 0.25) is 5.95 Å². The van der Waals surface area contributed by atoms with Gasteiger partial charge >= 0.3 is 0 Å². The van der Waals surface area contributed by atoms with Gasteiger partial charge < -0.3 is 25.4 Å². The van der Waals surface area contributed by atoms with E-state index in [0.717, 1.165) is 27.6 Å². The van der Waals surface area contributed by atoms with Crippen molar-refractivity contribution in [3.63, 3.8) is 0 Å². The molecule has 9 heteroatoms. The molecule has 8 nitrogen and oxygen atoms in total. The van der Waals surface area contributed by atoms with Crippen LogP contribution in [0.15, 0.2) is 24.5 Å². The normalized spacial score (nSPS) is 16.3. The van der Waals surface area contributed by atoms with Gasteiger partial charge in [-0.1, -0.05) is 19.3 Å². The number of halogens is 1. The van der Waals surface area contributed by atoms with Gasteiger partial charge in [-0.15, -0.1) is 0 Å². The zero-order valence-electron chi connectivity index (χ0n) is 18.8. The number of phenolic OH excluding ortho intramolecular Hbond substituents is 1. The van der Waals surface area contributed by atoms with Crippen molar-refractivity contribution in [1.29, 1.82) is 0 Å². The molecule has 0 radical (unpaired) electrons. The fraction of sp³-hybridized carbons (Fsp3) is 0.522. The van der Waals surface area contributed by atoms with E-state index in [4.69, 9.17) is 4.98 Å². The Balaban J connectivity index is 1.70. The number of benzene rings is 1. The fourth-order valence-electron chi connectivity index (χ4n) is 3.98. The molecule has 2 aromatic heterocycles. The van der Waals surface area contributed by atoms with E-state index in [9.17, 15) is 10.2 Å². The quantitative estimate of drug-likeness (QED) is 0.313. The standard InChI is InChI=1S/C23H31IN6O2/c1-14(23(2,3)32)27-22-28-20(25-12-15-11-16(24)9-10-18(15)31)19-21(29-22)30(13-26-19)17-7-5-4-6-8-17/h9-11,13-14,17,31-32H,4-8,12H2,1-3H3,(H2,25,27,28,29). The lowest BCUT2D eigenvalue weighted by molar-refractivity contribution is 0.0646. The van der Waals surface area contributed by atoms with Gasteiger partial charge in [0.1, 0.15) is 5.75 Å². The minimum atomic E-state index is -0.929. The first-order valence-corrected chi connectivity index (χ1v) is 12.2. The molecular weight excluding hydrogens is 519 g/mol. The van der Waals surface area contributed by atoms with Crippen molar-refractivity contribution < 1.29 is 10.2 Å². The Labute approximate surface area is 202 Å². The second-order valence-electron chi connectivity index (χ2n) is 9.16. The summed E-state index contributed by atoms with van der Waals surface area (Å²) >= 11 is 2.23. The molecule has 1 unspecified atom stereocenters. The summed E-state index contributed by atoms with van der Waals surface area (Å²) in [5, 5.41) is 27.2. The minimum absolute atomic E-state index is 0.241. The Bertz CT molecular complexity index is 1090. The smallest absolute Gasteiger partial charge is 0.227 e. The Morgan fingerprint density at radius 3 is 2.69 bits per heavy atom. The maximum Gasteiger partial charge on any atom is 0.227 e. The van der Waals surface area contributed by atoms with Crippen molar-refractivity contribution in [2.24, 2.45) is 0 Å². The second kappa shape index (κ2) is 9.38. The van der Waals surface area contributed by atoms with Crippen LogP contribution in [-0.2, 0) is 6.54 Å². The molecule has 0 amide bonds. The predicted molar refractivity (Wildman–Crippen MR) is 135 cm³/mol. The van der Waals surface area contributed by atoms with Crippen LogP contribution in [0.4, 0.5) is 11.8 Å². The highest BCUT2D eigenvalue weighted by atomic mass is 127. The molecule has 0 spiro atoms. The van der Waals surface area contributed by atoms with Crippen molar-refractivity contribution in [2.75, 3.05) is 10.6 Å². The van der Waals surface area contributed by atoms with Crippen LogP contribution in [0, 0.1) is 3.57 Å². The third-order valence-corrected chi connectivity index (χ3v) is 6.95. The SMILES string of the molecule is CC(Nc1nc(NCc2cc(I)ccc2O)c2ncn(C3CCCCC3)c2n1)C(C)(C)O. The summed E-state index contributed by atoms with van der Waals surface area (Å²) in [6, 6.07) is 5.64. The largest absolute Gasteiger partial charge is 0.508 e. The molecule has 1 saturated carbocycles. The van der Waals surface area contributed by atoms with Crippen LogP contribution in [-0.4, -0.2) is 41.4 Å². The molecule has 3 aromatic rings. The fourth-order valence-corrected chi connectivity index (χ4v) is 4.53. The van der Waals surface area contributed by atoms with Gasteiger partial charge in [0, 0.05) is 21.7 Å². The number of imidazole rings is 1. The maximum absolute atomic E-state index is 10.4. The number of nitrogens with one attached hydrogen (secondary N) is 2. The molecular formula is C23H31IN6O2. The summed E-state index contributed by atoms with van der Waals surface area (Å²) in [4.78, 5) is 14.1. The zero-order chi connectivity index (χ0) is 22.9. The molecule has 1 aliphatic carbocycles. The molecule has 1 aromatic carbocycles. The number of phenols is 1. The average Bonchev–Trinajstić information content (AvgIpc) is 3.18. The Morgan fingerprint density at radius 2 is 1.97 bits per heavy atom. The van der Waals surface area contributed by atoms with Gasteiger partial charge in [0.05, 0.1) is 18.0 Å². The van der Waals surface area contributed by atoms with Crippen molar-refractivity contribution >= 4 is 45.5 Å². The third kappa shape index (κ3) is 5.09. The van der Waals surface area contributed by atoms with Gasteiger partial charge in [0.15, 0.2) is 17.0 Å². The second-order valence-corrected chi connectivity index (χ2v) is 10.4. The Hall–Kier alpha value is -2.14. The number of anilines is 2. The highest BCUT2D eigenvalue weighted by Gasteiger charge is 2.25. The first-order valence-electron chi connectivity index (χ1n) is 11.2. The van der Waals surface area contributed by atoms with Crippen LogP contribution >= 0.6 is 22.6 Å². The first-order chi connectivity index (χ1) is 15.2. The summed E-state index contributed by atoms with van der Waals surface area (Å²) in [5.74, 6) is 1.29. The molecule has 0 bridgehead atoms. The number of aliphatic hydroxyl groups is 1. The highest BCUT2D eigenvalue weighted by Crippen LogP contribution is 2.32. The molecule has 32 heavy (non-hydrogen) atoms. The monoisotopic (exact) mass is 550 g/mol. The number of fused-ring (bicyclic) bond motifs is 1.